The fraction of sp³-hybridized carbons (Fsp3) is 0.294. The van der Waals surface area contributed by atoms with Gasteiger partial charge in [0.1, 0.15) is 11.9 Å². The fourth-order valence-corrected chi connectivity index (χ4v) is 2.07. The lowest BCUT2D eigenvalue weighted by Gasteiger charge is -2.19. The second-order valence-corrected chi connectivity index (χ2v) is 4.89. The van der Waals surface area contributed by atoms with Crippen molar-refractivity contribution in [2.24, 2.45) is 0 Å². The Bertz CT molecular complexity index is 532. The van der Waals surface area contributed by atoms with Gasteiger partial charge in [-0.3, -0.25) is 0 Å². The minimum atomic E-state index is -0.529. The highest BCUT2D eigenvalue weighted by atomic mass is 16.5. The Kier molecular flexibility index (Phi) is 4.23. The summed E-state index contributed by atoms with van der Waals surface area (Å²) >= 11 is 0. The molecule has 1 unspecified atom stereocenters. The topological polar surface area (TPSA) is 29.5 Å². The Balaban J connectivity index is 2.25. The third-order valence-corrected chi connectivity index (χ3v) is 3.19. The number of benzene rings is 2. The average molecular weight is 256 g/mol. The SMILES string of the molecule is Cc1ccc([C@H](C)O)c(OC(C)c2ccccc2)c1. The fourth-order valence-electron chi connectivity index (χ4n) is 2.07. The first kappa shape index (κ1) is 13.6. The Morgan fingerprint density at radius 3 is 2.32 bits per heavy atom. The quantitative estimate of drug-likeness (QED) is 0.888. The highest BCUT2D eigenvalue weighted by molar-refractivity contribution is 5.39. The van der Waals surface area contributed by atoms with E-state index in [0.717, 1.165) is 22.4 Å². The van der Waals surface area contributed by atoms with Crippen molar-refractivity contribution in [3.8, 4) is 5.75 Å². The van der Waals surface area contributed by atoms with Gasteiger partial charge in [0.05, 0.1) is 6.10 Å². The Morgan fingerprint density at radius 1 is 1.00 bits per heavy atom. The highest BCUT2D eigenvalue weighted by Crippen LogP contribution is 2.30. The molecule has 0 fully saturated rings. The predicted octanol–water partition coefficient (Wildman–Crippen LogP) is 4.19. The van der Waals surface area contributed by atoms with Gasteiger partial charge in [-0.2, -0.15) is 0 Å². The number of aliphatic hydroxyl groups is 1. The zero-order valence-corrected chi connectivity index (χ0v) is 11.6. The van der Waals surface area contributed by atoms with Crippen molar-refractivity contribution in [1.29, 1.82) is 0 Å². The second-order valence-electron chi connectivity index (χ2n) is 4.89. The monoisotopic (exact) mass is 256 g/mol. The van der Waals surface area contributed by atoms with E-state index >= 15 is 0 Å². The first-order valence-electron chi connectivity index (χ1n) is 6.58. The van der Waals surface area contributed by atoms with Gasteiger partial charge in [-0.15, -0.1) is 0 Å². The number of ether oxygens (including phenoxy) is 1. The third kappa shape index (κ3) is 3.36. The van der Waals surface area contributed by atoms with Crippen LogP contribution in [0.2, 0.25) is 0 Å². The molecule has 2 aromatic rings. The van der Waals surface area contributed by atoms with Gasteiger partial charge in [0.15, 0.2) is 0 Å². The summed E-state index contributed by atoms with van der Waals surface area (Å²) in [7, 11) is 0. The van der Waals surface area contributed by atoms with E-state index in [-0.39, 0.29) is 6.10 Å². The zero-order valence-electron chi connectivity index (χ0n) is 11.6. The molecular formula is C17H20O2. The summed E-state index contributed by atoms with van der Waals surface area (Å²) in [5, 5.41) is 9.80. The summed E-state index contributed by atoms with van der Waals surface area (Å²) in [6.07, 6.45) is -0.570. The van der Waals surface area contributed by atoms with Gasteiger partial charge < -0.3 is 9.84 Å². The molecule has 0 amide bonds. The lowest BCUT2D eigenvalue weighted by atomic mass is 10.1. The van der Waals surface area contributed by atoms with Crippen molar-refractivity contribution in [1.82, 2.24) is 0 Å². The lowest BCUT2D eigenvalue weighted by Crippen LogP contribution is -2.06. The number of aryl methyl sites for hydroxylation is 1. The summed E-state index contributed by atoms with van der Waals surface area (Å²) in [5.74, 6) is 0.756. The third-order valence-electron chi connectivity index (χ3n) is 3.19. The van der Waals surface area contributed by atoms with Crippen LogP contribution >= 0.6 is 0 Å². The Hall–Kier alpha value is -1.80. The van der Waals surface area contributed by atoms with Crippen LogP contribution in [0.15, 0.2) is 48.5 Å². The molecule has 0 bridgehead atoms. The van der Waals surface area contributed by atoms with E-state index in [4.69, 9.17) is 4.74 Å². The van der Waals surface area contributed by atoms with E-state index in [1.165, 1.54) is 0 Å². The summed E-state index contributed by atoms with van der Waals surface area (Å²) in [6, 6.07) is 16.0. The maximum atomic E-state index is 9.80. The molecule has 2 aromatic carbocycles. The summed E-state index contributed by atoms with van der Waals surface area (Å²) in [6.45, 7) is 5.79. The van der Waals surface area contributed by atoms with Crippen molar-refractivity contribution in [3.05, 3.63) is 65.2 Å². The van der Waals surface area contributed by atoms with Crippen molar-refractivity contribution in [2.75, 3.05) is 0 Å². The standard InChI is InChI=1S/C17H20O2/c1-12-9-10-16(13(2)18)17(11-12)19-14(3)15-7-5-4-6-8-15/h4-11,13-14,18H,1-3H3/t13-,14?/m0/s1. The zero-order chi connectivity index (χ0) is 13.8. The second kappa shape index (κ2) is 5.89. The maximum Gasteiger partial charge on any atom is 0.126 e. The van der Waals surface area contributed by atoms with Gasteiger partial charge in [0.25, 0.3) is 0 Å². The van der Waals surface area contributed by atoms with E-state index in [2.05, 4.69) is 0 Å². The van der Waals surface area contributed by atoms with E-state index in [9.17, 15) is 5.11 Å². The number of hydrogen-bond donors (Lipinski definition) is 1. The summed E-state index contributed by atoms with van der Waals surface area (Å²) in [5.41, 5.74) is 3.08. The van der Waals surface area contributed by atoms with E-state index in [1.54, 1.807) is 6.92 Å². The summed E-state index contributed by atoms with van der Waals surface area (Å²) in [4.78, 5) is 0. The molecule has 100 valence electrons. The molecular weight excluding hydrogens is 236 g/mol. The largest absolute Gasteiger partial charge is 0.486 e. The molecule has 0 spiro atoms. The van der Waals surface area contributed by atoms with Crippen LogP contribution in [0.4, 0.5) is 0 Å². The van der Waals surface area contributed by atoms with Gasteiger partial charge in [0.2, 0.25) is 0 Å². The van der Waals surface area contributed by atoms with Crippen molar-refractivity contribution in [3.63, 3.8) is 0 Å². The van der Waals surface area contributed by atoms with Gasteiger partial charge >= 0.3 is 0 Å². The van der Waals surface area contributed by atoms with Crippen LogP contribution in [0.25, 0.3) is 0 Å². The van der Waals surface area contributed by atoms with Crippen LogP contribution in [-0.2, 0) is 0 Å². The molecule has 2 atom stereocenters. The molecule has 0 radical (unpaired) electrons. The molecule has 2 nitrogen and oxygen atoms in total. The van der Waals surface area contributed by atoms with Crippen LogP contribution in [-0.4, -0.2) is 5.11 Å². The van der Waals surface area contributed by atoms with E-state index in [1.807, 2.05) is 62.4 Å². The van der Waals surface area contributed by atoms with Gasteiger partial charge in [-0.05, 0) is 38.0 Å². The molecule has 0 aliphatic carbocycles. The van der Waals surface area contributed by atoms with Crippen molar-refractivity contribution < 1.29 is 9.84 Å². The van der Waals surface area contributed by atoms with E-state index < -0.39 is 6.10 Å². The smallest absolute Gasteiger partial charge is 0.126 e. The van der Waals surface area contributed by atoms with E-state index in [0.29, 0.717) is 0 Å². The Labute approximate surface area is 114 Å². The minimum Gasteiger partial charge on any atom is -0.486 e. The summed E-state index contributed by atoms with van der Waals surface area (Å²) < 4.78 is 6.01. The first-order valence-corrected chi connectivity index (χ1v) is 6.58. The van der Waals surface area contributed by atoms with Gasteiger partial charge in [0, 0.05) is 5.56 Å². The molecule has 0 aliphatic rings. The average Bonchev–Trinajstić information content (AvgIpc) is 2.39. The maximum absolute atomic E-state index is 9.80. The molecule has 2 rings (SSSR count). The number of aliphatic hydroxyl groups excluding tert-OH is 1. The highest BCUT2D eigenvalue weighted by Gasteiger charge is 2.13. The first-order chi connectivity index (χ1) is 9.08. The van der Waals surface area contributed by atoms with Crippen LogP contribution in [0.5, 0.6) is 5.75 Å². The molecule has 0 heterocycles. The molecule has 0 saturated heterocycles. The molecule has 0 saturated carbocycles. The van der Waals surface area contributed by atoms with Crippen molar-refractivity contribution >= 4 is 0 Å². The van der Waals surface area contributed by atoms with Crippen LogP contribution in [0, 0.1) is 6.92 Å². The normalized spacial score (nSPS) is 13.9. The van der Waals surface area contributed by atoms with Crippen LogP contribution in [0.3, 0.4) is 0 Å². The van der Waals surface area contributed by atoms with Gasteiger partial charge in [-0.25, -0.2) is 0 Å². The number of hydrogen-bond acceptors (Lipinski definition) is 2. The van der Waals surface area contributed by atoms with Gasteiger partial charge in [-0.1, -0.05) is 42.5 Å². The Morgan fingerprint density at radius 2 is 1.68 bits per heavy atom. The molecule has 0 aliphatic heterocycles. The van der Waals surface area contributed by atoms with Crippen molar-refractivity contribution in [2.45, 2.75) is 33.0 Å². The molecule has 2 heteroatoms. The van der Waals surface area contributed by atoms with Crippen LogP contribution in [0.1, 0.15) is 42.7 Å². The predicted molar refractivity (Wildman–Crippen MR) is 77.3 cm³/mol. The molecule has 0 aromatic heterocycles. The molecule has 19 heavy (non-hydrogen) atoms. The van der Waals surface area contributed by atoms with Crippen LogP contribution < -0.4 is 4.74 Å². The lowest BCUT2D eigenvalue weighted by molar-refractivity contribution is 0.179. The molecule has 1 N–H and O–H groups in total. The number of rotatable bonds is 4. The minimum absolute atomic E-state index is 0.0412.